The minimum Gasteiger partial charge on any atom is -0.301 e. The summed E-state index contributed by atoms with van der Waals surface area (Å²) in [5, 5.41) is 5.26. The molecular weight excluding hydrogens is 470 g/mol. The number of rotatable bonds is 0. The van der Waals surface area contributed by atoms with Gasteiger partial charge in [-0.25, -0.2) is 0 Å². The number of nitrogens with zero attached hydrogens (tertiary/aromatic N) is 3. The standard InChI is InChI=1S/C33H19N3S/c1-3-13-28-26(11-1)30-31-27-12-2-4-14-29(27)36-25-10-6-8-21(17-25)23-15-22(18-34-19-23)20-7-5-9-24(16-20)35(28)32(30)37-33(31)36/h1-19H. The summed E-state index contributed by atoms with van der Waals surface area (Å²) in [6, 6.07) is 37.6. The van der Waals surface area contributed by atoms with Gasteiger partial charge in [0.15, 0.2) is 0 Å². The van der Waals surface area contributed by atoms with Crippen molar-refractivity contribution >= 4 is 53.6 Å². The Morgan fingerprint density at radius 3 is 1.54 bits per heavy atom. The van der Waals surface area contributed by atoms with Crippen molar-refractivity contribution in [1.29, 1.82) is 0 Å². The Morgan fingerprint density at radius 1 is 0.486 bits per heavy atom. The molecule has 4 aromatic carbocycles. The lowest BCUT2D eigenvalue weighted by Gasteiger charge is -2.13. The van der Waals surface area contributed by atoms with Gasteiger partial charge in [-0.05, 0) is 53.6 Å². The Balaban J connectivity index is 1.58. The van der Waals surface area contributed by atoms with Crippen LogP contribution >= 0.6 is 11.3 Å². The highest BCUT2D eigenvalue weighted by atomic mass is 32.1. The molecule has 0 saturated carbocycles. The molecule has 0 N–H and O–H groups in total. The summed E-state index contributed by atoms with van der Waals surface area (Å²) in [6.07, 6.45) is 3.93. The van der Waals surface area contributed by atoms with Crippen molar-refractivity contribution in [2.45, 2.75) is 0 Å². The number of hydrogen-bond acceptors (Lipinski definition) is 2. The van der Waals surface area contributed by atoms with Crippen LogP contribution in [0.5, 0.6) is 0 Å². The number of aromatic nitrogens is 3. The van der Waals surface area contributed by atoms with Crippen LogP contribution in [0.4, 0.5) is 0 Å². The Bertz CT molecular complexity index is 2060. The quantitative estimate of drug-likeness (QED) is 0.208. The van der Waals surface area contributed by atoms with Gasteiger partial charge in [0.1, 0.15) is 9.66 Å². The molecule has 3 nitrogen and oxygen atoms in total. The monoisotopic (exact) mass is 489 g/mol. The molecule has 4 aromatic heterocycles. The molecule has 1 aliphatic heterocycles. The molecule has 172 valence electrons. The second kappa shape index (κ2) is 6.96. The van der Waals surface area contributed by atoms with E-state index >= 15 is 0 Å². The third kappa shape index (κ3) is 2.52. The van der Waals surface area contributed by atoms with Crippen LogP contribution < -0.4 is 0 Å². The van der Waals surface area contributed by atoms with Crippen LogP contribution in [0.3, 0.4) is 0 Å². The molecule has 9 rings (SSSR count). The number of para-hydroxylation sites is 2. The summed E-state index contributed by atoms with van der Waals surface area (Å²) in [7, 11) is 0. The predicted octanol–water partition coefficient (Wildman–Crippen LogP) is 8.98. The molecule has 5 heterocycles. The first-order valence-corrected chi connectivity index (χ1v) is 13.3. The third-order valence-corrected chi connectivity index (χ3v) is 8.88. The highest BCUT2D eigenvalue weighted by Crippen LogP contribution is 2.47. The Kier molecular flexibility index (Phi) is 3.67. The van der Waals surface area contributed by atoms with Crippen LogP contribution in [0.15, 0.2) is 116 Å². The van der Waals surface area contributed by atoms with Gasteiger partial charge in [0, 0.05) is 56.4 Å². The first-order chi connectivity index (χ1) is 18.3. The van der Waals surface area contributed by atoms with E-state index in [-0.39, 0.29) is 0 Å². The van der Waals surface area contributed by atoms with E-state index in [4.69, 9.17) is 0 Å². The van der Waals surface area contributed by atoms with E-state index in [1.807, 2.05) is 23.7 Å². The minimum absolute atomic E-state index is 1.12. The van der Waals surface area contributed by atoms with E-state index in [9.17, 15) is 0 Å². The molecule has 4 heteroatoms. The first-order valence-electron chi connectivity index (χ1n) is 12.5. The van der Waals surface area contributed by atoms with Crippen molar-refractivity contribution in [3.05, 3.63) is 116 Å². The van der Waals surface area contributed by atoms with Gasteiger partial charge in [-0.15, -0.1) is 0 Å². The van der Waals surface area contributed by atoms with Crippen LogP contribution in [0.25, 0.3) is 75.9 Å². The largest absolute Gasteiger partial charge is 0.301 e. The normalized spacial score (nSPS) is 12.3. The molecule has 0 atom stereocenters. The van der Waals surface area contributed by atoms with Gasteiger partial charge >= 0.3 is 0 Å². The summed E-state index contributed by atoms with van der Waals surface area (Å²) in [5.74, 6) is 0. The highest BCUT2D eigenvalue weighted by molar-refractivity contribution is 7.25. The molecule has 37 heavy (non-hydrogen) atoms. The van der Waals surface area contributed by atoms with E-state index in [1.165, 1.54) is 64.7 Å². The molecule has 1 aliphatic rings. The lowest BCUT2D eigenvalue weighted by atomic mass is 10.0. The van der Waals surface area contributed by atoms with Gasteiger partial charge in [-0.1, -0.05) is 72.0 Å². The fraction of sp³-hybridized carbons (Fsp3) is 0. The Hall–Kier alpha value is -4.67. The molecular formula is C33H19N3S. The van der Waals surface area contributed by atoms with Crippen molar-refractivity contribution < 1.29 is 0 Å². The van der Waals surface area contributed by atoms with E-state index in [0.717, 1.165) is 11.1 Å². The van der Waals surface area contributed by atoms with E-state index in [0.29, 0.717) is 0 Å². The second-order valence-electron chi connectivity index (χ2n) is 9.73. The van der Waals surface area contributed by atoms with Crippen molar-refractivity contribution in [1.82, 2.24) is 14.1 Å². The van der Waals surface area contributed by atoms with Crippen LogP contribution in [0.1, 0.15) is 0 Å². The fourth-order valence-electron chi connectivity index (χ4n) is 6.12. The fourth-order valence-corrected chi connectivity index (χ4v) is 7.52. The second-order valence-corrected chi connectivity index (χ2v) is 10.7. The zero-order valence-corrected chi connectivity index (χ0v) is 20.5. The maximum Gasteiger partial charge on any atom is 0.111 e. The number of fused-ring (bicyclic) bond motifs is 17. The molecule has 0 aliphatic carbocycles. The lowest BCUT2D eigenvalue weighted by molar-refractivity contribution is 1.19. The van der Waals surface area contributed by atoms with Crippen LogP contribution in [0, 0.1) is 0 Å². The van der Waals surface area contributed by atoms with Gasteiger partial charge in [-0.3, -0.25) is 4.98 Å². The predicted molar refractivity (Wildman–Crippen MR) is 155 cm³/mol. The average molecular weight is 490 g/mol. The van der Waals surface area contributed by atoms with E-state index < -0.39 is 0 Å². The van der Waals surface area contributed by atoms with Crippen molar-refractivity contribution in [2.24, 2.45) is 0 Å². The van der Waals surface area contributed by atoms with Crippen LogP contribution in [0.2, 0.25) is 0 Å². The molecule has 0 radical (unpaired) electrons. The summed E-state index contributed by atoms with van der Waals surface area (Å²) >= 11 is 1.89. The maximum absolute atomic E-state index is 4.64. The highest BCUT2D eigenvalue weighted by Gasteiger charge is 2.24. The smallest absolute Gasteiger partial charge is 0.111 e. The average Bonchev–Trinajstić information content (AvgIpc) is 3.58. The SMILES string of the molecule is c1cc2cc(c1)-n1c3ccccc3c3c4c5ccccc5n(c4sc31)-c1cccc(c1)-c1cncc-2c1. The molecule has 8 aromatic rings. The van der Waals surface area contributed by atoms with Gasteiger partial charge in [0.2, 0.25) is 0 Å². The number of benzene rings is 4. The first kappa shape index (κ1) is 19.5. The van der Waals surface area contributed by atoms with Crippen molar-refractivity contribution in [2.75, 3.05) is 0 Å². The van der Waals surface area contributed by atoms with Crippen molar-refractivity contribution in [3.63, 3.8) is 0 Å². The van der Waals surface area contributed by atoms with E-state index in [2.05, 4.69) is 117 Å². The molecule has 0 saturated heterocycles. The topological polar surface area (TPSA) is 22.8 Å². The summed E-state index contributed by atoms with van der Waals surface area (Å²) in [4.78, 5) is 7.20. The number of thiophene rings is 1. The summed E-state index contributed by atoms with van der Waals surface area (Å²) < 4.78 is 4.88. The molecule has 0 unspecified atom stereocenters. The van der Waals surface area contributed by atoms with Crippen LogP contribution in [-0.4, -0.2) is 14.1 Å². The maximum atomic E-state index is 4.64. The Labute approximate surface area is 216 Å². The molecule has 0 fully saturated rings. The third-order valence-electron chi connectivity index (χ3n) is 7.72. The summed E-state index contributed by atoms with van der Waals surface area (Å²) in [5.41, 5.74) is 9.40. The zero-order chi connectivity index (χ0) is 24.1. The molecule has 0 spiro atoms. The van der Waals surface area contributed by atoms with Gasteiger partial charge < -0.3 is 9.13 Å². The zero-order valence-electron chi connectivity index (χ0n) is 19.7. The lowest BCUT2D eigenvalue weighted by Crippen LogP contribution is -1.95. The van der Waals surface area contributed by atoms with Gasteiger partial charge in [0.25, 0.3) is 0 Å². The minimum atomic E-state index is 1.12. The molecule has 8 bridgehead atoms. The number of hydrogen-bond donors (Lipinski definition) is 0. The van der Waals surface area contributed by atoms with Gasteiger partial charge in [-0.2, -0.15) is 0 Å². The van der Waals surface area contributed by atoms with Crippen LogP contribution in [-0.2, 0) is 0 Å². The van der Waals surface area contributed by atoms with Gasteiger partial charge in [0.05, 0.1) is 11.0 Å². The van der Waals surface area contributed by atoms with Crippen molar-refractivity contribution in [3.8, 4) is 33.6 Å². The number of pyridine rings is 1. The molecule has 0 amide bonds. The summed E-state index contributed by atoms with van der Waals surface area (Å²) in [6.45, 7) is 0. The Morgan fingerprint density at radius 2 is 1.00 bits per heavy atom. The van der Waals surface area contributed by atoms with E-state index in [1.54, 1.807) is 0 Å².